The Kier molecular flexibility index (Phi) is 1.30. The third kappa shape index (κ3) is 0.833. The highest BCUT2D eigenvalue weighted by atomic mass is 16.3. The lowest BCUT2D eigenvalue weighted by Crippen LogP contribution is -2.12. The van der Waals surface area contributed by atoms with E-state index in [0.717, 1.165) is 6.20 Å². The molecular formula is C7H5N3O2. The molecule has 0 bridgehead atoms. The summed E-state index contributed by atoms with van der Waals surface area (Å²) in [5, 5.41) is 9.18. The molecule has 0 spiro atoms. The molecule has 0 radical (unpaired) electrons. The predicted molar refractivity (Wildman–Crippen MR) is 40.9 cm³/mol. The SMILES string of the molecule is O=c1cnc(O)c2cnccn12. The smallest absolute Gasteiger partial charge is 0.273 e. The highest BCUT2D eigenvalue weighted by Gasteiger charge is 2.00. The van der Waals surface area contributed by atoms with Crippen LogP contribution in [0.3, 0.4) is 0 Å². The van der Waals surface area contributed by atoms with Gasteiger partial charge in [-0.2, -0.15) is 0 Å². The molecule has 5 heteroatoms. The fourth-order valence-electron chi connectivity index (χ4n) is 0.964. The molecule has 0 saturated carbocycles. The van der Waals surface area contributed by atoms with Crippen LogP contribution in [0, 0.1) is 0 Å². The minimum atomic E-state index is -0.287. The van der Waals surface area contributed by atoms with Crippen LogP contribution in [0.25, 0.3) is 5.52 Å². The molecule has 60 valence electrons. The van der Waals surface area contributed by atoms with E-state index in [2.05, 4.69) is 9.97 Å². The first-order valence-electron chi connectivity index (χ1n) is 3.29. The number of fused-ring (bicyclic) bond motifs is 1. The average molecular weight is 163 g/mol. The van der Waals surface area contributed by atoms with E-state index in [-0.39, 0.29) is 11.4 Å². The highest BCUT2D eigenvalue weighted by Crippen LogP contribution is 2.08. The zero-order valence-electron chi connectivity index (χ0n) is 6.01. The fourth-order valence-corrected chi connectivity index (χ4v) is 0.964. The molecule has 0 aromatic carbocycles. The largest absolute Gasteiger partial charge is 0.492 e. The van der Waals surface area contributed by atoms with Crippen molar-refractivity contribution in [2.45, 2.75) is 0 Å². The standard InChI is InChI=1S/C7H5N3O2/c11-6-4-9-7(12)5-3-8-1-2-10(5)6/h1-4,12H. The Labute approximate surface area is 67.0 Å². The van der Waals surface area contributed by atoms with Crippen molar-refractivity contribution in [3.8, 4) is 5.88 Å². The molecule has 2 heterocycles. The first-order chi connectivity index (χ1) is 5.79. The average Bonchev–Trinajstić information content (AvgIpc) is 2.12. The van der Waals surface area contributed by atoms with Gasteiger partial charge in [0, 0.05) is 12.4 Å². The fraction of sp³-hybridized carbons (Fsp3) is 0. The highest BCUT2D eigenvalue weighted by molar-refractivity contribution is 5.52. The lowest BCUT2D eigenvalue weighted by Gasteiger charge is -1.98. The number of aromatic nitrogens is 3. The van der Waals surface area contributed by atoms with Crippen LogP contribution in [-0.4, -0.2) is 19.5 Å². The summed E-state index contributed by atoms with van der Waals surface area (Å²) in [4.78, 5) is 18.3. The summed E-state index contributed by atoms with van der Waals surface area (Å²) >= 11 is 0. The molecular weight excluding hydrogens is 158 g/mol. The Bertz CT molecular complexity index is 477. The predicted octanol–water partition coefficient (Wildman–Crippen LogP) is -0.205. The second-order valence-corrected chi connectivity index (χ2v) is 2.25. The zero-order chi connectivity index (χ0) is 8.55. The van der Waals surface area contributed by atoms with Crippen LogP contribution >= 0.6 is 0 Å². The van der Waals surface area contributed by atoms with Gasteiger partial charge in [-0.25, -0.2) is 4.98 Å². The van der Waals surface area contributed by atoms with Crippen molar-refractivity contribution in [2.24, 2.45) is 0 Å². The van der Waals surface area contributed by atoms with E-state index >= 15 is 0 Å². The summed E-state index contributed by atoms with van der Waals surface area (Å²) in [6.07, 6.45) is 5.37. The molecule has 2 aromatic heterocycles. The number of nitrogens with zero attached hydrogens (tertiary/aromatic N) is 3. The van der Waals surface area contributed by atoms with Crippen LogP contribution < -0.4 is 5.56 Å². The van der Waals surface area contributed by atoms with Gasteiger partial charge in [0.1, 0.15) is 5.52 Å². The van der Waals surface area contributed by atoms with E-state index in [1.807, 2.05) is 0 Å². The molecule has 0 unspecified atom stereocenters. The van der Waals surface area contributed by atoms with E-state index in [9.17, 15) is 9.90 Å². The molecule has 1 N–H and O–H groups in total. The zero-order valence-corrected chi connectivity index (χ0v) is 6.01. The van der Waals surface area contributed by atoms with E-state index in [1.54, 1.807) is 0 Å². The molecule has 0 aliphatic heterocycles. The summed E-state index contributed by atoms with van der Waals surface area (Å²) < 4.78 is 1.27. The maximum Gasteiger partial charge on any atom is 0.273 e. The van der Waals surface area contributed by atoms with E-state index in [1.165, 1.54) is 23.0 Å². The molecule has 0 saturated heterocycles. The van der Waals surface area contributed by atoms with E-state index in [4.69, 9.17) is 0 Å². The first kappa shape index (κ1) is 6.78. The van der Waals surface area contributed by atoms with Gasteiger partial charge in [-0.1, -0.05) is 0 Å². The van der Waals surface area contributed by atoms with Gasteiger partial charge in [0.15, 0.2) is 0 Å². The Morgan fingerprint density at radius 1 is 1.42 bits per heavy atom. The van der Waals surface area contributed by atoms with Gasteiger partial charge in [0.2, 0.25) is 5.88 Å². The van der Waals surface area contributed by atoms with Gasteiger partial charge in [0.05, 0.1) is 12.4 Å². The number of hydrogen-bond acceptors (Lipinski definition) is 4. The maximum absolute atomic E-state index is 11.1. The molecule has 0 amide bonds. The van der Waals surface area contributed by atoms with Crippen LogP contribution in [0.1, 0.15) is 0 Å². The summed E-state index contributed by atoms with van der Waals surface area (Å²) in [7, 11) is 0. The second kappa shape index (κ2) is 2.30. The Hall–Kier alpha value is -1.91. The Balaban J connectivity index is 3.05. The molecule has 0 atom stereocenters. The summed E-state index contributed by atoms with van der Waals surface area (Å²) in [6.45, 7) is 0. The Morgan fingerprint density at radius 2 is 2.25 bits per heavy atom. The van der Waals surface area contributed by atoms with Crippen LogP contribution in [0.15, 0.2) is 29.6 Å². The van der Waals surface area contributed by atoms with Crippen molar-refractivity contribution in [3.63, 3.8) is 0 Å². The first-order valence-corrected chi connectivity index (χ1v) is 3.29. The van der Waals surface area contributed by atoms with Gasteiger partial charge < -0.3 is 5.11 Å². The molecule has 0 fully saturated rings. The van der Waals surface area contributed by atoms with Crippen molar-refractivity contribution in [1.29, 1.82) is 0 Å². The number of aromatic hydroxyl groups is 1. The maximum atomic E-state index is 11.1. The van der Waals surface area contributed by atoms with Gasteiger partial charge in [0.25, 0.3) is 5.56 Å². The normalized spacial score (nSPS) is 10.3. The van der Waals surface area contributed by atoms with Gasteiger partial charge in [-0.3, -0.25) is 14.2 Å². The molecule has 12 heavy (non-hydrogen) atoms. The van der Waals surface area contributed by atoms with Crippen molar-refractivity contribution < 1.29 is 5.11 Å². The van der Waals surface area contributed by atoms with E-state index < -0.39 is 0 Å². The van der Waals surface area contributed by atoms with Gasteiger partial charge in [-0.15, -0.1) is 0 Å². The van der Waals surface area contributed by atoms with Gasteiger partial charge in [-0.05, 0) is 0 Å². The van der Waals surface area contributed by atoms with Crippen molar-refractivity contribution in [1.82, 2.24) is 14.4 Å². The minimum absolute atomic E-state index is 0.192. The van der Waals surface area contributed by atoms with Crippen LogP contribution in [0.5, 0.6) is 5.88 Å². The summed E-state index contributed by atoms with van der Waals surface area (Å²) in [5.74, 6) is -0.192. The van der Waals surface area contributed by atoms with Crippen LogP contribution in [0.2, 0.25) is 0 Å². The topological polar surface area (TPSA) is 67.5 Å². The summed E-state index contributed by atoms with van der Waals surface area (Å²) in [6, 6.07) is 0. The lowest BCUT2D eigenvalue weighted by atomic mass is 10.5. The third-order valence-corrected chi connectivity index (χ3v) is 1.52. The number of hydrogen-bond donors (Lipinski definition) is 1. The van der Waals surface area contributed by atoms with Crippen LogP contribution in [-0.2, 0) is 0 Å². The minimum Gasteiger partial charge on any atom is -0.492 e. The number of rotatable bonds is 0. The lowest BCUT2D eigenvalue weighted by molar-refractivity contribution is 0.456. The Morgan fingerprint density at radius 3 is 3.00 bits per heavy atom. The molecule has 5 nitrogen and oxygen atoms in total. The van der Waals surface area contributed by atoms with Crippen molar-refractivity contribution in [2.75, 3.05) is 0 Å². The van der Waals surface area contributed by atoms with Crippen LogP contribution in [0.4, 0.5) is 0 Å². The molecule has 2 rings (SSSR count). The van der Waals surface area contributed by atoms with Crippen molar-refractivity contribution in [3.05, 3.63) is 35.1 Å². The molecule has 0 aliphatic rings. The van der Waals surface area contributed by atoms with Crippen molar-refractivity contribution >= 4 is 5.52 Å². The molecule has 0 aliphatic carbocycles. The monoisotopic (exact) mass is 163 g/mol. The van der Waals surface area contributed by atoms with Gasteiger partial charge >= 0.3 is 0 Å². The summed E-state index contributed by atoms with van der Waals surface area (Å²) in [5.41, 5.74) is 0.0233. The quantitative estimate of drug-likeness (QED) is 0.583. The third-order valence-electron chi connectivity index (χ3n) is 1.52. The van der Waals surface area contributed by atoms with E-state index in [0.29, 0.717) is 5.52 Å². The molecule has 2 aromatic rings. The second-order valence-electron chi connectivity index (χ2n) is 2.25.